The van der Waals surface area contributed by atoms with E-state index in [9.17, 15) is 9.59 Å². The van der Waals surface area contributed by atoms with Gasteiger partial charge in [-0.15, -0.1) is 0 Å². The Morgan fingerprint density at radius 3 is 3.10 bits per heavy atom. The average Bonchev–Trinajstić information content (AvgIpc) is 2.48. The second kappa shape index (κ2) is 6.53. The molecular weight excluding hydrogens is 262 g/mol. The topological polar surface area (TPSA) is 86.8 Å². The number of esters is 1. The first kappa shape index (κ1) is 14.5. The highest BCUT2D eigenvalue weighted by molar-refractivity contribution is 5.75. The molecule has 2 heterocycles. The van der Waals surface area contributed by atoms with Crippen LogP contribution in [-0.4, -0.2) is 54.9 Å². The quantitative estimate of drug-likeness (QED) is 0.735. The first-order valence-electron chi connectivity index (χ1n) is 6.48. The van der Waals surface area contributed by atoms with Crippen LogP contribution < -0.4 is 11.3 Å². The summed E-state index contributed by atoms with van der Waals surface area (Å²) < 4.78 is 11.6. The van der Waals surface area contributed by atoms with E-state index in [1.54, 1.807) is 22.9 Å². The van der Waals surface area contributed by atoms with Crippen molar-refractivity contribution >= 4 is 11.7 Å². The number of aromatic nitrogens is 1. The van der Waals surface area contributed by atoms with E-state index in [0.717, 1.165) is 0 Å². The maximum Gasteiger partial charge on any atom is 0.325 e. The van der Waals surface area contributed by atoms with Crippen molar-refractivity contribution in [2.45, 2.75) is 12.6 Å². The Morgan fingerprint density at radius 1 is 1.55 bits per heavy atom. The molecule has 2 N–H and O–H groups in total. The summed E-state index contributed by atoms with van der Waals surface area (Å²) in [5, 5.41) is 0. The molecule has 110 valence electrons. The van der Waals surface area contributed by atoms with Crippen molar-refractivity contribution in [3.8, 4) is 0 Å². The number of nitrogens with two attached hydrogens (primary N) is 1. The molecule has 1 fully saturated rings. The highest BCUT2D eigenvalue weighted by Gasteiger charge is 2.29. The van der Waals surface area contributed by atoms with E-state index < -0.39 is 6.04 Å². The molecule has 20 heavy (non-hydrogen) atoms. The number of nitrogen functional groups attached to an aromatic ring is 1. The number of carbonyl (C=O) groups is 1. The number of ether oxygens (including phenoxy) is 2. The zero-order valence-electron chi connectivity index (χ0n) is 11.4. The fourth-order valence-corrected chi connectivity index (χ4v) is 2.23. The minimum absolute atomic E-state index is 0.213. The van der Waals surface area contributed by atoms with Gasteiger partial charge < -0.3 is 19.8 Å². The summed E-state index contributed by atoms with van der Waals surface area (Å²) in [7, 11) is 1.36. The van der Waals surface area contributed by atoms with Crippen molar-refractivity contribution in [1.29, 1.82) is 0 Å². The van der Waals surface area contributed by atoms with Crippen LogP contribution in [0.1, 0.15) is 0 Å². The van der Waals surface area contributed by atoms with E-state index in [2.05, 4.69) is 0 Å². The Bertz CT molecular complexity index is 529. The molecule has 0 saturated carbocycles. The number of hydrogen-bond donors (Lipinski definition) is 1. The van der Waals surface area contributed by atoms with E-state index in [1.165, 1.54) is 7.11 Å². The van der Waals surface area contributed by atoms with Crippen LogP contribution in [0.4, 0.5) is 5.69 Å². The fourth-order valence-electron chi connectivity index (χ4n) is 2.23. The van der Waals surface area contributed by atoms with Crippen LogP contribution in [0.5, 0.6) is 0 Å². The van der Waals surface area contributed by atoms with E-state index in [1.807, 2.05) is 4.90 Å². The van der Waals surface area contributed by atoms with Gasteiger partial charge >= 0.3 is 5.97 Å². The third-order valence-corrected chi connectivity index (χ3v) is 3.39. The summed E-state index contributed by atoms with van der Waals surface area (Å²) >= 11 is 0. The zero-order valence-corrected chi connectivity index (χ0v) is 11.4. The predicted octanol–water partition coefficient (Wildman–Crippen LogP) is -0.696. The molecule has 0 aliphatic carbocycles. The number of anilines is 1. The number of rotatable bonds is 4. The Kier molecular flexibility index (Phi) is 4.75. The van der Waals surface area contributed by atoms with Crippen LogP contribution in [0.15, 0.2) is 23.1 Å². The number of carbonyl (C=O) groups excluding carboxylic acids is 1. The molecule has 0 spiro atoms. The van der Waals surface area contributed by atoms with Gasteiger partial charge in [0.05, 0.1) is 26.0 Å². The monoisotopic (exact) mass is 281 g/mol. The van der Waals surface area contributed by atoms with Crippen LogP contribution in [0, 0.1) is 0 Å². The fraction of sp³-hybridized carbons (Fsp3) is 0.538. The Morgan fingerprint density at radius 2 is 2.35 bits per heavy atom. The van der Waals surface area contributed by atoms with E-state index in [-0.39, 0.29) is 17.2 Å². The van der Waals surface area contributed by atoms with Gasteiger partial charge in [-0.25, -0.2) is 0 Å². The summed E-state index contributed by atoms with van der Waals surface area (Å²) in [6.07, 6.45) is 1.69. The molecule has 1 aromatic heterocycles. The lowest BCUT2D eigenvalue weighted by atomic mass is 10.2. The first-order valence-corrected chi connectivity index (χ1v) is 6.48. The zero-order chi connectivity index (χ0) is 14.5. The lowest BCUT2D eigenvalue weighted by Crippen LogP contribution is -2.51. The second-order valence-corrected chi connectivity index (χ2v) is 4.61. The lowest BCUT2D eigenvalue weighted by molar-refractivity contribution is -0.153. The van der Waals surface area contributed by atoms with Crippen molar-refractivity contribution < 1.29 is 14.3 Å². The average molecular weight is 281 g/mol. The van der Waals surface area contributed by atoms with Crippen LogP contribution >= 0.6 is 0 Å². The molecule has 1 atom stereocenters. The maximum absolute atomic E-state index is 11.8. The van der Waals surface area contributed by atoms with Gasteiger partial charge in [0, 0.05) is 25.8 Å². The molecule has 7 nitrogen and oxygen atoms in total. The summed E-state index contributed by atoms with van der Waals surface area (Å²) in [4.78, 5) is 25.5. The van der Waals surface area contributed by atoms with Crippen molar-refractivity contribution in [3.63, 3.8) is 0 Å². The van der Waals surface area contributed by atoms with Crippen molar-refractivity contribution in [1.82, 2.24) is 9.47 Å². The number of methoxy groups -OCH3 is 1. The van der Waals surface area contributed by atoms with Gasteiger partial charge in [-0.1, -0.05) is 0 Å². The first-order chi connectivity index (χ1) is 9.63. The van der Waals surface area contributed by atoms with Gasteiger partial charge in [0.15, 0.2) is 0 Å². The highest BCUT2D eigenvalue weighted by atomic mass is 16.5. The van der Waals surface area contributed by atoms with Crippen LogP contribution in [0.25, 0.3) is 0 Å². The smallest absolute Gasteiger partial charge is 0.325 e. The largest absolute Gasteiger partial charge is 0.468 e. The SMILES string of the molecule is COC(=O)C1COCCN1CCn1cccc(N)c1=O. The number of nitrogens with zero attached hydrogens (tertiary/aromatic N) is 2. The van der Waals surface area contributed by atoms with Gasteiger partial charge in [0.2, 0.25) is 0 Å². The minimum atomic E-state index is -0.412. The van der Waals surface area contributed by atoms with Gasteiger partial charge in [-0.3, -0.25) is 14.5 Å². The molecule has 0 amide bonds. The molecule has 7 heteroatoms. The van der Waals surface area contributed by atoms with Crippen LogP contribution in [0.3, 0.4) is 0 Å². The van der Waals surface area contributed by atoms with E-state index in [4.69, 9.17) is 15.2 Å². The molecule has 2 rings (SSSR count). The minimum Gasteiger partial charge on any atom is -0.468 e. The molecule has 0 aromatic carbocycles. The third-order valence-electron chi connectivity index (χ3n) is 3.39. The van der Waals surface area contributed by atoms with Crippen molar-refractivity contribution in [2.24, 2.45) is 0 Å². The second-order valence-electron chi connectivity index (χ2n) is 4.61. The van der Waals surface area contributed by atoms with Crippen molar-refractivity contribution in [2.75, 3.05) is 39.1 Å². The van der Waals surface area contributed by atoms with Gasteiger partial charge in [-0.2, -0.15) is 0 Å². The Labute approximate surface area is 116 Å². The molecule has 1 aromatic rings. The summed E-state index contributed by atoms with van der Waals surface area (Å²) in [5.74, 6) is -0.315. The normalized spacial score (nSPS) is 19.8. The molecule has 1 aliphatic heterocycles. The number of morpholine rings is 1. The predicted molar refractivity (Wildman–Crippen MR) is 73.3 cm³/mol. The third kappa shape index (κ3) is 3.17. The van der Waals surface area contributed by atoms with E-state index >= 15 is 0 Å². The Balaban J connectivity index is 2.03. The molecule has 1 saturated heterocycles. The van der Waals surface area contributed by atoms with Gasteiger partial charge in [0.25, 0.3) is 5.56 Å². The molecule has 0 bridgehead atoms. The maximum atomic E-state index is 11.8. The number of hydrogen-bond acceptors (Lipinski definition) is 6. The van der Waals surface area contributed by atoms with Crippen molar-refractivity contribution in [3.05, 3.63) is 28.7 Å². The van der Waals surface area contributed by atoms with Crippen LogP contribution in [-0.2, 0) is 20.8 Å². The molecular formula is C13H19N3O4. The highest BCUT2D eigenvalue weighted by Crippen LogP contribution is 2.08. The van der Waals surface area contributed by atoms with Gasteiger partial charge in [0.1, 0.15) is 6.04 Å². The summed E-state index contributed by atoms with van der Waals surface area (Å²) in [6, 6.07) is 2.89. The summed E-state index contributed by atoms with van der Waals surface area (Å²) in [5.41, 5.74) is 5.59. The molecule has 0 radical (unpaired) electrons. The lowest BCUT2D eigenvalue weighted by Gasteiger charge is -2.33. The number of pyridine rings is 1. The summed E-state index contributed by atoms with van der Waals surface area (Å²) in [6.45, 7) is 2.55. The molecule has 1 aliphatic rings. The van der Waals surface area contributed by atoms with E-state index in [0.29, 0.717) is 32.8 Å². The molecule has 1 unspecified atom stereocenters. The van der Waals surface area contributed by atoms with Gasteiger partial charge in [-0.05, 0) is 12.1 Å². The standard InChI is InChI=1S/C13H19N3O4/c1-19-13(18)11-9-20-8-7-15(11)5-6-16-4-2-3-10(14)12(16)17/h2-4,11H,5-9,14H2,1H3. The van der Waals surface area contributed by atoms with Crippen LogP contribution in [0.2, 0.25) is 0 Å². The Hall–Kier alpha value is -1.86.